The number of hydrogen-bond donors (Lipinski definition) is 1. The van der Waals surface area contributed by atoms with Gasteiger partial charge in [-0.25, -0.2) is 4.98 Å². The quantitative estimate of drug-likeness (QED) is 0.860. The molecule has 0 aliphatic heterocycles. The zero-order valence-electron chi connectivity index (χ0n) is 11.0. The fourth-order valence-electron chi connectivity index (χ4n) is 2.13. The van der Waals surface area contributed by atoms with E-state index in [-0.39, 0.29) is 12.5 Å². The maximum Gasteiger partial charge on any atom is 0.264 e. The Morgan fingerprint density at radius 1 is 1.48 bits per heavy atom. The Balaban J connectivity index is 1.56. The van der Waals surface area contributed by atoms with Gasteiger partial charge in [-0.1, -0.05) is 11.6 Å². The average molecular weight is 388 g/mol. The highest BCUT2D eigenvalue weighted by Gasteiger charge is 2.17. The molecule has 3 rings (SSSR count). The molecule has 1 aromatic carbocycles. The van der Waals surface area contributed by atoms with Crippen molar-refractivity contribution < 1.29 is 9.53 Å². The molecule has 0 saturated heterocycles. The van der Waals surface area contributed by atoms with Crippen molar-refractivity contribution in [2.75, 3.05) is 11.9 Å². The third kappa shape index (κ3) is 3.56. The van der Waals surface area contributed by atoms with Crippen LogP contribution in [0.15, 0.2) is 22.7 Å². The van der Waals surface area contributed by atoms with Gasteiger partial charge in [0.1, 0.15) is 5.75 Å². The summed E-state index contributed by atoms with van der Waals surface area (Å²) in [7, 11) is 0. The van der Waals surface area contributed by atoms with E-state index < -0.39 is 0 Å². The third-order valence-electron chi connectivity index (χ3n) is 3.09. The molecule has 1 aliphatic rings. The number of aryl methyl sites for hydroxylation is 2. The van der Waals surface area contributed by atoms with E-state index in [0.717, 1.165) is 29.4 Å². The molecule has 2 aromatic rings. The number of halogens is 2. The monoisotopic (exact) mass is 386 g/mol. The highest BCUT2D eigenvalue weighted by Crippen LogP contribution is 2.30. The number of rotatable bonds is 4. The van der Waals surface area contributed by atoms with Crippen molar-refractivity contribution in [1.82, 2.24) is 4.98 Å². The van der Waals surface area contributed by atoms with Crippen LogP contribution in [-0.2, 0) is 17.6 Å². The van der Waals surface area contributed by atoms with Crippen LogP contribution in [0.3, 0.4) is 0 Å². The van der Waals surface area contributed by atoms with Crippen LogP contribution in [0.25, 0.3) is 0 Å². The van der Waals surface area contributed by atoms with E-state index in [4.69, 9.17) is 16.3 Å². The van der Waals surface area contributed by atoms with E-state index in [9.17, 15) is 4.79 Å². The highest BCUT2D eigenvalue weighted by molar-refractivity contribution is 9.10. The predicted octanol–water partition coefficient (Wildman–Crippen LogP) is 4.07. The number of thiazole rings is 1. The van der Waals surface area contributed by atoms with E-state index in [1.165, 1.54) is 4.88 Å². The second-order valence-corrected chi connectivity index (χ2v) is 7.03. The molecule has 0 bridgehead atoms. The van der Waals surface area contributed by atoms with E-state index >= 15 is 0 Å². The minimum atomic E-state index is -0.218. The normalized spacial score (nSPS) is 13.0. The summed E-state index contributed by atoms with van der Waals surface area (Å²) < 4.78 is 6.18. The second-order valence-electron chi connectivity index (χ2n) is 4.65. The lowest BCUT2D eigenvalue weighted by Crippen LogP contribution is -2.20. The summed E-state index contributed by atoms with van der Waals surface area (Å²) >= 11 is 10.7. The van der Waals surface area contributed by atoms with Crippen LogP contribution in [-0.4, -0.2) is 17.5 Å². The molecular weight excluding hydrogens is 376 g/mol. The number of nitrogens with zero attached hydrogens (tertiary/aromatic N) is 1. The van der Waals surface area contributed by atoms with Gasteiger partial charge in [-0.15, -0.1) is 11.3 Å². The van der Waals surface area contributed by atoms with Gasteiger partial charge in [0.05, 0.1) is 10.2 Å². The molecule has 0 fully saturated rings. The standard InChI is InChI=1S/C14H12BrClN2O2S/c15-9-6-8(16)4-5-11(9)20-7-13(19)18-14-17-10-2-1-3-12(10)21-14/h4-6H,1-3,7H2,(H,17,18,19). The zero-order valence-corrected chi connectivity index (χ0v) is 14.1. The summed E-state index contributed by atoms with van der Waals surface area (Å²) in [6, 6.07) is 5.16. The minimum absolute atomic E-state index is 0.0650. The minimum Gasteiger partial charge on any atom is -0.483 e. The Morgan fingerprint density at radius 2 is 2.33 bits per heavy atom. The molecule has 0 radical (unpaired) electrons. The van der Waals surface area contributed by atoms with E-state index in [0.29, 0.717) is 15.9 Å². The Hall–Kier alpha value is -1.11. The first-order valence-corrected chi connectivity index (χ1v) is 8.47. The highest BCUT2D eigenvalue weighted by atomic mass is 79.9. The second kappa shape index (κ2) is 6.34. The van der Waals surface area contributed by atoms with Crippen molar-refractivity contribution in [2.45, 2.75) is 19.3 Å². The van der Waals surface area contributed by atoms with E-state index in [2.05, 4.69) is 26.2 Å². The number of anilines is 1. The fourth-order valence-corrected chi connectivity index (χ4v) is 4.00. The summed E-state index contributed by atoms with van der Waals surface area (Å²) in [5.74, 6) is 0.362. The number of carbonyl (C=O) groups is 1. The summed E-state index contributed by atoms with van der Waals surface area (Å²) in [6.45, 7) is -0.0650. The van der Waals surface area contributed by atoms with Gasteiger partial charge in [0, 0.05) is 9.90 Å². The van der Waals surface area contributed by atoms with Crippen LogP contribution in [0.4, 0.5) is 5.13 Å². The van der Waals surface area contributed by atoms with Gasteiger partial charge in [0.15, 0.2) is 11.7 Å². The zero-order chi connectivity index (χ0) is 14.8. The van der Waals surface area contributed by atoms with Crippen LogP contribution >= 0.6 is 38.9 Å². The molecule has 1 heterocycles. The Labute approximate surface area is 139 Å². The topological polar surface area (TPSA) is 51.2 Å². The molecule has 21 heavy (non-hydrogen) atoms. The molecule has 7 heteroatoms. The number of ether oxygens (including phenoxy) is 1. The maximum atomic E-state index is 11.9. The Bertz CT molecular complexity index is 668. The van der Waals surface area contributed by atoms with Gasteiger partial charge < -0.3 is 4.74 Å². The molecule has 1 aromatic heterocycles. The van der Waals surface area contributed by atoms with Gasteiger partial charge in [-0.2, -0.15) is 0 Å². The fraction of sp³-hybridized carbons (Fsp3) is 0.286. The molecule has 0 unspecified atom stereocenters. The number of amides is 1. The first-order chi connectivity index (χ1) is 10.1. The van der Waals surface area contributed by atoms with Gasteiger partial charge in [-0.3, -0.25) is 10.1 Å². The van der Waals surface area contributed by atoms with Gasteiger partial charge in [-0.05, 0) is 53.4 Å². The molecule has 4 nitrogen and oxygen atoms in total. The molecule has 0 saturated carbocycles. The van der Waals surface area contributed by atoms with E-state index in [1.807, 2.05) is 0 Å². The van der Waals surface area contributed by atoms with Crippen molar-refractivity contribution in [1.29, 1.82) is 0 Å². The first kappa shape index (κ1) is 14.8. The van der Waals surface area contributed by atoms with Crippen molar-refractivity contribution in [3.63, 3.8) is 0 Å². The summed E-state index contributed by atoms with van der Waals surface area (Å²) in [6.07, 6.45) is 3.24. The van der Waals surface area contributed by atoms with Crippen LogP contribution < -0.4 is 10.1 Å². The van der Waals surface area contributed by atoms with E-state index in [1.54, 1.807) is 29.5 Å². The third-order valence-corrected chi connectivity index (χ3v) is 5.02. The number of carbonyl (C=O) groups excluding carboxylic acids is 1. The van der Waals surface area contributed by atoms with Gasteiger partial charge in [0.2, 0.25) is 0 Å². The van der Waals surface area contributed by atoms with Gasteiger partial charge >= 0.3 is 0 Å². The lowest BCUT2D eigenvalue weighted by Gasteiger charge is -2.07. The van der Waals surface area contributed by atoms with Crippen LogP contribution in [0.2, 0.25) is 5.02 Å². The molecule has 110 valence electrons. The summed E-state index contributed by atoms with van der Waals surface area (Å²) in [5.41, 5.74) is 1.12. The Kier molecular flexibility index (Phi) is 4.47. The molecule has 0 spiro atoms. The maximum absolute atomic E-state index is 11.9. The predicted molar refractivity (Wildman–Crippen MR) is 87.4 cm³/mol. The lowest BCUT2D eigenvalue weighted by molar-refractivity contribution is -0.118. The van der Waals surface area contributed by atoms with Crippen LogP contribution in [0, 0.1) is 0 Å². The van der Waals surface area contributed by atoms with Crippen LogP contribution in [0.5, 0.6) is 5.75 Å². The number of fused-ring (bicyclic) bond motifs is 1. The van der Waals surface area contributed by atoms with Crippen molar-refractivity contribution in [3.8, 4) is 5.75 Å². The lowest BCUT2D eigenvalue weighted by atomic mass is 10.3. The van der Waals surface area contributed by atoms with Crippen molar-refractivity contribution >= 4 is 49.9 Å². The molecular formula is C14H12BrClN2O2S. The Morgan fingerprint density at radius 3 is 3.10 bits per heavy atom. The number of aromatic nitrogens is 1. The number of benzene rings is 1. The van der Waals surface area contributed by atoms with Crippen molar-refractivity contribution in [3.05, 3.63) is 38.3 Å². The number of hydrogen-bond acceptors (Lipinski definition) is 4. The largest absolute Gasteiger partial charge is 0.483 e. The van der Waals surface area contributed by atoms with Gasteiger partial charge in [0.25, 0.3) is 5.91 Å². The summed E-state index contributed by atoms with van der Waals surface area (Å²) in [4.78, 5) is 17.6. The molecule has 1 aliphatic carbocycles. The summed E-state index contributed by atoms with van der Waals surface area (Å²) in [5, 5.41) is 4.04. The average Bonchev–Trinajstić information content (AvgIpc) is 2.98. The SMILES string of the molecule is O=C(COc1ccc(Cl)cc1Br)Nc1nc2c(s1)CCC2. The smallest absolute Gasteiger partial charge is 0.264 e. The molecule has 1 N–H and O–H groups in total. The molecule has 1 amide bonds. The molecule has 0 atom stereocenters. The first-order valence-electron chi connectivity index (χ1n) is 6.48. The number of nitrogens with one attached hydrogen (secondary N) is 1. The van der Waals surface area contributed by atoms with Crippen LogP contribution in [0.1, 0.15) is 17.0 Å². The van der Waals surface area contributed by atoms with Crippen molar-refractivity contribution in [2.24, 2.45) is 0 Å².